The van der Waals surface area contributed by atoms with Crippen LogP contribution in [0.2, 0.25) is 0 Å². The van der Waals surface area contributed by atoms with E-state index in [0.29, 0.717) is 13.4 Å². The van der Waals surface area contributed by atoms with E-state index >= 15 is 0 Å². The van der Waals surface area contributed by atoms with Crippen molar-refractivity contribution in [3.8, 4) is 11.5 Å². The summed E-state index contributed by atoms with van der Waals surface area (Å²) in [7, 11) is 1.87. The summed E-state index contributed by atoms with van der Waals surface area (Å²) in [5.74, 6) is -0.0760. The van der Waals surface area contributed by atoms with Crippen LogP contribution in [-0.4, -0.2) is 19.8 Å². The highest BCUT2D eigenvalue weighted by atomic mass is 19.1. The molecule has 1 aromatic carbocycles. The standard InChI is InChI=1S/C7H7BFO3/c1-11-7-4-5(12-8-10)2-3-6(7)9/h2-4,10H,1H3. The molecule has 0 bridgehead atoms. The van der Waals surface area contributed by atoms with Gasteiger partial charge >= 0.3 is 7.69 Å². The summed E-state index contributed by atoms with van der Waals surface area (Å²) in [5.41, 5.74) is 0. The second-order valence-electron chi connectivity index (χ2n) is 2.02. The molecule has 1 rings (SSSR count). The largest absolute Gasteiger partial charge is 0.569 e. The van der Waals surface area contributed by atoms with Gasteiger partial charge in [-0.3, -0.25) is 0 Å². The minimum atomic E-state index is -0.470. The zero-order chi connectivity index (χ0) is 8.97. The van der Waals surface area contributed by atoms with Gasteiger partial charge in [-0.15, -0.1) is 0 Å². The van der Waals surface area contributed by atoms with Crippen LogP contribution < -0.4 is 9.39 Å². The van der Waals surface area contributed by atoms with E-state index in [1.165, 1.54) is 25.3 Å². The molecule has 0 saturated carbocycles. The molecule has 1 N–H and O–H groups in total. The van der Waals surface area contributed by atoms with Gasteiger partial charge in [0.1, 0.15) is 5.75 Å². The summed E-state index contributed by atoms with van der Waals surface area (Å²) in [6.45, 7) is 0. The lowest BCUT2D eigenvalue weighted by Crippen LogP contribution is -2.00. The first kappa shape index (κ1) is 8.87. The van der Waals surface area contributed by atoms with E-state index in [9.17, 15) is 4.39 Å². The van der Waals surface area contributed by atoms with Gasteiger partial charge < -0.3 is 14.4 Å². The molecule has 0 atom stereocenters. The van der Waals surface area contributed by atoms with E-state index in [1.807, 2.05) is 0 Å². The van der Waals surface area contributed by atoms with Crippen LogP contribution in [0.5, 0.6) is 11.5 Å². The Morgan fingerprint density at radius 3 is 2.83 bits per heavy atom. The molecule has 3 nitrogen and oxygen atoms in total. The SMILES string of the molecule is COc1cc(O[B]O)ccc1F. The van der Waals surface area contributed by atoms with Crippen molar-refractivity contribution in [2.24, 2.45) is 0 Å². The second kappa shape index (κ2) is 3.97. The van der Waals surface area contributed by atoms with Crippen LogP contribution in [-0.2, 0) is 0 Å². The van der Waals surface area contributed by atoms with E-state index < -0.39 is 5.82 Å². The Morgan fingerprint density at radius 1 is 1.50 bits per heavy atom. The molecule has 0 unspecified atom stereocenters. The molecular weight excluding hydrogens is 162 g/mol. The minimum Gasteiger partial charge on any atom is -0.537 e. The summed E-state index contributed by atoms with van der Waals surface area (Å²) in [5, 5.41) is 8.27. The summed E-state index contributed by atoms with van der Waals surface area (Å²) in [4.78, 5) is 0. The third kappa shape index (κ3) is 1.89. The van der Waals surface area contributed by atoms with Gasteiger partial charge in [-0.05, 0) is 12.1 Å². The van der Waals surface area contributed by atoms with Crippen molar-refractivity contribution < 1.29 is 18.8 Å². The van der Waals surface area contributed by atoms with Crippen molar-refractivity contribution in [1.29, 1.82) is 0 Å². The fourth-order valence-electron chi connectivity index (χ4n) is 0.774. The zero-order valence-corrected chi connectivity index (χ0v) is 6.45. The van der Waals surface area contributed by atoms with E-state index in [0.717, 1.165) is 0 Å². The summed E-state index contributed by atoms with van der Waals surface area (Å²) >= 11 is 0. The fraction of sp³-hybridized carbons (Fsp3) is 0.143. The monoisotopic (exact) mass is 169 g/mol. The number of hydrogen-bond donors (Lipinski definition) is 1. The van der Waals surface area contributed by atoms with Gasteiger partial charge in [-0.2, -0.15) is 0 Å². The van der Waals surface area contributed by atoms with Gasteiger partial charge in [-0.25, -0.2) is 4.39 Å². The molecular formula is C7H7BFO3. The fourth-order valence-corrected chi connectivity index (χ4v) is 0.774. The summed E-state index contributed by atoms with van der Waals surface area (Å²) in [6.07, 6.45) is 0. The maximum Gasteiger partial charge on any atom is 0.569 e. The maximum atomic E-state index is 12.8. The predicted octanol–water partition coefficient (Wildman–Crippen LogP) is 0.740. The summed E-state index contributed by atoms with van der Waals surface area (Å²) < 4.78 is 22.0. The molecule has 0 fully saturated rings. The Morgan fingerprint density at radius 2 is 2.25 bits per heavy atom. The first-order valence-electron chi connectivity index (χ1n) is 3.24. The van der Waals surface area contributed by atoms with E-state index in [4.69, 9.17) is 5.02 Å². The van der Waals surface area contributed by atoms with Crippen molar-refractivity contribution in [3.63, 3.8) is 0 Å². The van der Waals surface area contributed by atoms with E-state index in [-0.39, 0.29) is 5.75 Å². The van der Waals surface area contributed by atoms with Gasteiger partial charge in [0.2, 0.25) is 0 Å². The van der Waals surface area contributed by atoms with Crippen LogP contribution in [0, 0.1) is 5.82 Å². The van der Waals surface area contributed by atoms with Gasteiger partial charge in [0.05, 0.1) is 7.11 Å². The number of methoxy groups -OCH3 is 1. The molecule has 63 valence electrons. The topological polar surface area (TPSA) is 38.7 Å². The number of benzene rings is 1. The van der Waals surface area contributed by atoms with Gasteiger partial charge in [0.25, 0.3) is 0 Å². The van der Waals surface area contributed by atoms with Crippen molar-refractivity contribution in [2.45, 2.75) is 0 Å². The molecule has 5 heteroatoms. The first-order chi connectivity index (χ1) is 5.77. The highest BCUT2D eigenvalue weighted by Crippen LogP contribution is 2.22. The second-order valence-corrected chi connectivity index (χ2v) is 2.02. The van der Waals surface area contributed by atoms with Gasteiger partial charge in [0.15, 0.2) is 11.6 Å². The van der Waals surface area contributed by atoms with Crippen molar-refractivity contribution in [1.82, 2.24) is 0 Å². The minimum absolute atomic E-state index is 0.0781. The lowest BCUT2D eigenvalue weighted by atomic mass is 10.3. The summed E-state index contributed by atoms with van der Waals surface area (Å²) in [6, 6.07) is 3.91. The predicted molar refractivity (Wildman–Crippen MR) is 41.6 cm³/mol. The molecule has 0 saturated heterocycles. The molecule has 0 heterocycles. The molecule has 0 aliphatic carbocycles. The van der Waals surface area contributed by atoms with Gasteiger partial charge in [0, 0.05) is 6.07 Å². The lowest BCUT2D eigenvalue weighted by Gasteiger charge is -2.04. The Kier molecular flexibility index (Phi) is 2.93. The Balaban J connectivity index is 2.89. The first-order valence-corrected chi connectivity index (χ1v) is 3.24. The smallest absolute Gasteiger partial charge is 0.537 e. The Hall–Kier alpha value is -1.23. The van der Waals surface area contributed by atoms with Crippen LogP contribution in [0.15, 0.2) is 18.2 Å². The van der Waals surface area contributed by atoms with Crippen LogP contribution in [0.3, 0.4) is 0 Å². The quantitative estimate of drug-likeness (QED) is 0.678. The van der Waals surface area contributed by atoms with Crippen LogP contribution in [0.1, 0.15) is 0 Å². The highest BCUT2D eigenvalue weighted by molar-refractivity contribution is 6.17. The normalized spacial score (nSPS) is 9.25. The maximum absolute atomic E-state index is 12.8. The van der Waals surface area contributed by atoms with Gasteiger partial charge in [-0.1, -0.05) is 0 Å². The highest BCUT2D eigenvalue weighted by Gasteiger charge is 2.03. The lowest BCUT2D eigenvalue weighted by molar-refractivity contribution is 0.382. The molecule has 1 radical (unpaired) electrons. The van der Waals surface area contributed by atoms with E-state index in [1.54, 1.807) is 0 Å². The van der Waals surface area contributed by atoms with E-state index in [2.05, 4.69) is 9.39 Å². The van der Waals surface area contributed by atoms with Crippen molar-refractivity contribution in [3.05, 3.63) is 24.0 Å². The molecule has 0 aliphatic rings. The molecule has 0 amide bonds. The average Bonchev–Trinajstić information content (AvgIpc) is 2.09. The third-order valence-corrected chi connectivity index (χ3v) is 1.31. The molecule has 0 aliphatic heterocycles. The number of halogens is 1. The number of hydrogen-bond acceptors (Lipinski definition) is 3. The Labute approximate surface area is 70.0 Å². The van der Waals surface area contributed by atoms with Crippen LogP contribution in [0.4, 0.5) is 4.39 Å². The number of rotatable bonds is 3. The van der Waals surface area contributed by atoms with Crippen LogP contribution >= 0.6 is 0 Å². The molecule has 1 aromatic rings. The molecule has 0 aromatic heterocycles. The molecule has 0 spiro atoms. The zero-order valence-electron chi connectivity index (χ0n) is 6.45. The third-order valence-electron chi connectivity index (χ3n) is 1.31. The number of ether oxygens (including phenoxy) is 1. The van der Waals surface area contributed by atoms with Crippen molar-refractivity contribution in [2.75, 3.05) is 7.11 Å². The van der Waals surface area contributed by atoms with Crippen LogP contribution in [0.25, 0.3) is 0 Å². The average molecular weight is 169 g/mol. The molecule has 12 heavy (non-hydrogen) atoms. The van der Waals surface area contributed by atoms with Crippen molar-refractivity contribution >= 4 is 7.69 Å². The Bertz CT molecular complexity index is 267.